The molecule has 98 valence electrons. The van der Waals surface area contributed by atoms with Gasteiger partial charge in [-0.1, -0.05) is 12.1 Å². The second-order valence-corrected chi connectivity index (χ2v) is 5.34. The van der Waals surface area contributed by atoms with Crippen LogP contribution in [0.1, 0.15) is 6.42 Å². The van der Waals surface area contributed by atoms with Gasteiger partial charge < -0.3 is 10.8 Å². The van der Waals surface area contributed by atoms with Gasteiger partial charge in [-0.25, -0.2) is 4.98 Å². The fourth-order valence-corrected chi connectivity index (χ4v) is 2.91. The van der Waals surface area contributed by atoms with Crippen molar-refractivity contribution in [2.45, 2.75) is 12.5 Å². The van der Waals surface area contributed by atoms with Crippen LogP contribution < -0.4 is 10.6 Å². The molecule has 1 fully saturated rings. The van der Waals surface area contributed by atoms with Gasteiger partial charge in [-0.15, -0.1) is 11.3 Å². The van der Waals surface area contributed by atoms with Gasteiger partial charge in [-0.05, 0) is 12.1 Å². The highest BCUT2D eigenvalue weighted by Gasteiger charge is 2.30. The van der Waals surface area contributed by atoms with Crippen molar-refractivity contribution in [2.75, 3.05) is 17.2 Å². The zero-order valence-corrected chi connectivity index (χ0v) is 10.9. The number of amides is 1. The monoisotopic (exact) mass is 275 g/mol. The van der Waals surface area contributed by atoms with Gasteiger partial charge in [0, 0.05) is 16.6 Å². The van der Waals surface area contributed by atoms with Crippen LogP contribution in [0, 0.1) is 0 Å². The number of benzene rings is 1. The van der Waals surface area contributed by atoms with Crippen LogP contribution in [0.2, 0.25) is 0 Å². The minimum absolute atomic E-state index is 0.0780. The molecule has 2 aromatic rings. The summed E-state index contributed by atoms with van der Waals surface area (Å²) >= 11 is 1.40. The van der Waals surface area contributed by atoms with Crippen molar-refractivity contribution in [1.29, 1.82) is 0 Å². The van der Waals surface area contributed by atoms with E-state index in [1.807, 2.05) is 29.6 Å². The van der Waals surface area contributed by atoms with E-state index in [4.69, 9.17) is 5.73 Å². The molecule has 3 N–H and O–H groups in total. The summed E-state index contributed by atoms with van der Waals surface area (Å²) in [6.07, 6.45) is -0.409. The first-order chi connectivity index (χ1) is 9.13. The molecule has 1 unspecified atom stereocenters. The fraction of sp³-hybridized carbons (Fsp3) is 0.231. The van der Waals surface area contributed by atoms with Crippen LogP contribution in [-0.2, 0) is 4.79 Å². The molecule has 6 heteroatoms. The van der Waals surface area contributed by atoms with Gasteiger partial charge in [0.05, 0.1) is 24.8 Å². The summed E-state index contributed by atoms with van der Waals surface area (Å²) in [5.41, 5.74) is 8.13. The van der Waals surface area contributed by atoms with Gasteiger partial charge in [0.15, 0.2) is 5.13 Å². The Morgan fingerprint density at radius 3 is 2.74 bits per heavy atom. The molecular weight excluding hydrogens is 262 g/mol. The molecule has 1 saturated heterocycles. The maximum atomic E-state index is 11.7. The average Bonchev–Trinajstić information content (AvgIpc) is 2.97. The third-order valence-electron chi connectivity index (χ3n) is 3.03. The van der Waals surface area contributed by atoms with Crippen molar-refractivity contribution < 1.29 is 9.90 Å². The van der Waals surface area contributed by atoms with Crippen LogP contribution in [0.5, 0.6) is 0 Å². The molecule has 0 bridgehead atoms. The first-order valence-electron chi connectivity index (χ1n) is 5.93. The zero-order valence-electron chi connectivity index (χ0n) is 10.1. The van der Waals surface area contributed by atoms with E-state index < -0.39 is 6.10 Å². The molecule has 19 heavy (non-hydrogen) atoms. The first-order valence-corrected chi connectivity index (χ1v) is 6.81. The smallest absolute Gasteiger partial charge is 0.231 e. The number of thiazole rings is 1. The van der Waals surface area contributed by atoms with E-state index in [2.05, 4.69) is 4.98 Å². The van der Waals surface area contributed by atoms with Gasteiger partial charge in [0.25, 0.3) is 0 Å². The lowest BCUT2D eigenvalue weighted by molar-refractivity contribution is -0.117. The molecule has 1 aromatic heterocycles. The van der Waals surface area contributed by atoms with E-state index in [9.17, 15) is 9.90 Å². The van der Waals surface area contributed by atoms with Crippen molar-refractivity contribution >= 4 is 28.1 Å². The number of rotatable bonds is 2. The van der Waals surface area contributed by atoms with Gasteiger partial charge in [-0.3, -0.25) is 9.69 Å². The van der Waals surface area contributed by atoms with Gasteiger partial charge in [-0.2, -0.15) is 0 Å². The number of aromatic nitrogens is 1. The predicted octanol–water partition coefficient (Wildman–Crippen LogP) is 1.49. The molecular formula is C13H13N3O2S. The second-order valence-electron chi connectivity index (χ2n) is 4.50. The Hall–Kier alpha value is -1.92. The van der Waals surface area contributed by atoms with Crippen LogP contribution in [0.15, 0.2) is 29.6 Å². The number of nitrogen functional groups attached to an aromatic ring is 1. The van der Waals surface area contributed by atoms with E-state index in [0.29, 0.717) is 17.4 Å². The number of β-amino-alcohol motifs (C(OH)–C–C–N with tert-alkyl or cyclic N) is 1. The summed E-state index contributed by atoms with van der Waals surface area (Å²) in [7, 11) is 0. The number of hydrogen-bond acceptors (Lipinski definition) is 5. The van der Waals surface area contributed by atoms with Crippen molar-refractivity contribution in [3.05, 3.63) is 29.6 Å². The Morgan fingerprint density at radius 2 is 2.11 bits per heavy atom. The summed E-state index contributed by atoms with van der Waals surface area (Å²) in [5.74, 6) is -0.0780. The van der Waals surface area contributed by atoms with E-state index in [-0.39, 0.29) is 12.3 Å². The van der Waals surface area contributed by atoms with Crippen LogP contribution in [0.25, 0.3) is 11.3 Å². The third-order valence-corrected chi connectivity index (χ3v) is 3.90. The van der Waals surface area contributed by atoms with E-state index >= 15 is 0 Å². The zero-order chi connectivity index (χ0) is 13.4. The van der Waals surface area contributed by atoms with Crippen LogP contribution >= 0.6 is 11.3 Å². The minimum atomic E-state index is -0.587. The Kier molecular flexibility index (Phi) is 2.96. The maximum Gasteiger partial charge on any atom is 0.231 e. The number of aliphatic hydroxyl groups excluding tert-OH is 1. The van der Waals surface area contributed by atoms with Crippen molar-refractivity contribution in [3.63, 3.8) is 0 Å². The third kappa shape index (κ3) is 2.32. The highest BCUT2D eigenvalue weighted by atomic mass is 32.1. The van der Waals surface area contributed by atoms with Gasteiger partial charge in [0.1, 0.15) is 0 Å². The van der Waals surface area contributed by atoms with Crippen LogP contribution in [0.4, 0.5) is 10.8 Å². The molecule has 1 aromatic carbocycles. The Balaban J connectivity index is 1.87. The molecule has 5 nitrogen and oxygen atoms in total. The summed E-state index contributed by atoms with van der Waals surface area (Å²) in [6, 6.07) is 7.43. The number of aliphatic hydroxyl groups is 1. The Bertz CT molecular complexity index is 609. The maximum absolute atomic E-state index is 11.7. The molecule has 1 aliphatic heterocycles. The molecule has 1 amide bonds. The predicted molar refractivity (Wildman–Crippen MR) is 74.9 cm³/mol. The standard InChI is InChI=1S/C13H13N3O2S/c14-9-3-1-8(2-4-9)11-7-19-13(15-11)16-6-10(17)5-12(16)18/h1-4,7,10,17H,5-6,14H2. The lowest BCUT2D eigenvalue weighted by Crippen LogP contribution is -2.24. The lowest BCUT2D eigenvalue weighted by Gasteiger charge is -2.10. The van der Waals surface area contributed by atoms with Crippen LogP contribution in [-0.4, -0.2) is 28.6 Å². The summed E-state index contributed by atoms with van der Waals surface area (Å²) < 4.78 is 0. The van der Waals surface area contributed by atoms with Gasteiger partial charge in [0.2, 0.25) is 5.91 Å². The number of carbonyl (C=O) groups excluding carboxylic acids is 1. The minimum Gasteiger partial charge on any atom is -0.399 e. The molecule has 3 rings (SSSR count). The highest BCUT2D eigenvalue weighted by Crippen LogP contribution is 2.30. The molecule has 0 saturated carbocycles. The topological polar surface area (TPSA) is 79.5 Å². The first kappa shape index (κ1) is 12.1. The number of anilines is 2. The quantitative estimate of drug-likeness (QED) is 0.814. The average molecular weight is 275 g/mol. The second kappa shape index (κ2) is 4.64. The van der Waals surface area contributed by atoms with E-state index in [1.165, 1.54) is 16.2 Å². The van der Waals surface area contributed by atoms with Gasteiger partial charge >= 0.3 is 0 Å². The molecule has 1 aliphatic rings. The molecule has 0 spiro atoms. The summed E-state index contributed by atoms with van der Waals surface area (Å²) in [6.45, 7) is 0.327. The van der Waals surface area contributed by atoms with E-state index in [0.717, 1.165) is 11.3 Å². The molecule has 0 radical (unpaired) electrons. The van der Waals surface area contributed by atoms with Crippen LogP contribution in [0.3, 0.4) is 0 Å². The van der Waals surface area contributed by atoms with Crippen molar-refractivity contribution in [3.8, 4) is 11.3 Å². The molecule has 2 heterocycles. The van der Waals surface area contributed by atoms with Crippen molar-refractivity contribution in [1.82, 2.24) is 4.98 Å². The van der Waals surface area contributed by atoms with E-state index in [1.54, 1.807) is 0 Å². The number of nitrogens with zero attached hydrogens (tertiary/aromatic N) is 2. The summed E-state index contributed by atoms with van der Waals surface area (Å²) in [5, 5.41) is 12.0. The van der Waals surface area contributed by atoms with Crippen molar-refractivity contribution in [2.24, 2.45) is 0 Å². The Morgan fingerprint density at radius 1 is 1.37 bits per heavy atom. The SMILES string of the molecule is Nc1ccc(-c2csc(N3CC(O)CC3=O)n2)cc1. The largest absolute Gasteiger partial charge is 0.399 e. The Labute approximate surface area is 114 Å². The fourth-order valence-electron chi connectivity index (χ4n) is 2.05. The number of hydrogen-bond donors (Lipinski definition) is 2. The lowest BCUT2D eigenvalue weighted by atomic mass is 10.1. The highest BCUT2D eigenvalue weighted by molar-refractivity contribution is 7.14. The molecule has 1 atom stereocenters. The summed E-state index contributed by atoms with van der Waals surface area (Å²) in [4.78, 5) is 17.7. The number of carbonyl (C=O) groups is 1. The normalized spacial score (nSPS) is 19.1. The number of nitrogens with two attached hydrogens (primary N) is 1. The molecule has 0 aliphatic carbocycles.